The molecule has 1 aliphatic heterocycles. The van der Waals surface area contributed by atoms with Gasteiger partial charge in [-0.3, -0.25) is 10.1 Å². The fraction of sp³-hybridized carbons (Fsp3) is 0.400. The smallest absolute Gasteiger partial charge is 0.281 e. The number of nitrogens with zero attached hydrogens (tertiary/aromatic N) is 1. The Hall–Kier alpha value is -1.86. The van der Waals surface area contributed by atoms with E-state index in [1.165, 1.54) is 26.4 Å². The van der Waals surface area contributed by atoms with Gasteiger partial charge in [0.15, 0.2) is 17.8 Å². The van der Waals surface area contributed by atoms with Crippen LogP contribution in [-0.4, -0.2) is 25.9 Å². The molecule has 92 valence electrons. The Morgan fingerprint density at radius 1 is 1.29 bits per heavy atom. The van der Waals surface area contributed by atoms with Crippen LogP contribution in [0.15, 0.2) is 12.1 Å². The molecule has 0 spiro atoms. The summed E-state index contributed by atoms with van der Waals surface area (Å²) in [5, 5.41) is 11.0. The van der Waals surface area contributed by atoms with Gasteiger partial charge in [-0.1, -0.05) is 0 Å². The first-order chi connectivity index (χ1) is 8.17. The third-order valence-corrected chi connectivity index (χ3v) is 2.40. The zero-order valence-electron chi connectivity index (χ0n) is 9.34. The minimum atomic E-state index is -0.815. The molecular weight excluding hydrogens is 230 g/mol. The molecule has 2 rings (SSSR count). The third kappa shape index (κ3) is 2.02. The molecule has 7 heteroatoms. The van der Waals surface area contributed by atoms with Crippen molar-refractivity contribution in [3.8, 4) is 11.5 Å². The van der Waals surface area contributed by atoms with Crippen LogP contribution in [0.2, 0.25) is 0 Å². The van der Waals surface area contributed by atoms with Crippen molar-refractivity contribution in [3.05, 3.63) is 27.8 Å². The molecule has 17 heavy (non-hydrogen) atoms. The van der Waals surface area contributed by atoms with E-state index in [0.717, 1.165) is 0 Å². The molecule has 0 unspecified atom stereocenters. The van der Waals surface area contributed by atoms with Crippen LogP contribution < -0.4 is 9.47 Å². The van der Waals surface area contributed by atoms with Crippen molar-refractivity contribution < 1.29 is 23.9 Å². The van der Waals surface area contributed by atoms with E-state index in [4.69, 9.17) is 18.9 Å². The second-order valence-electron chi connectivity index (χ2n) is 3.32. The van der Waals surface area contributed by atoms with Crippen LogP contribution >= 0.6 is 0 Å². The summed E-state index contributed by atoms with van der Waals surface area (Å²) < 4.78 is 20.3. The van der Waals surface area contributed by atoms with Gasteiger partial charge in [-0.2, -0.15) is 0 Å². The number of ether oxygens (including phenoxy) is 4. The summed E-state index contributed by atoms with van der Waals surface area (Å²) in [6, 6.07) is 2.81. The van der Waals surface area contributed by atoms with Crippen molar-refractivity contribution in [2.24, 2.45) is 0 Å². The summed E-state index contributed by atoms with van der Waals surface area (Å²) in [7, 11) is 2.81. The van der Waals surface area contributed by atoms with Crippen molar-refractivity contribution in [1.82, 2.24) is 0 Å². The molecular formula is C10H11NO6. The van der Waals surface area contributed by atoms with E-state index in [1.54, 1.807) is 0 Å². The van der Waals surface area contributed by atoms with Gasteiger partial charge in [-0.05, 0) is 6.07 Å². The first kappa shape index (κ1) is 11.6. The Bertz CT molecular complexity index is 443. The fourth-order valence-corrected chi connectivity index (χ4v) is 1.64. The zero-order valence-corrected chi connectivity index (χ0v) is 9.34. The van der Waals surface area contributed by atoms with Gasteiger partial charge in [0.05, 0.1) is 16.6 Å². The van der Waals surface area contributed by atoms with Crippen LogP contribution in [0.5, 0.6) is 11.5 Å². The molecule has 0 aromatic heterocycles. The van der Waals surface area contributed by atoms with E-state index in [2.05, 4.69) is 0 Å². The normalized spacial score (nSPS) is 13.1. The van der Waals surface area contributed by atoms with E-state index in [0.29, 0.717) is 17.1 Å². The minimum absolute atomic E-state index is 0.0561. The average Bonchev–Trinajstić information content (AvgIpc) is 2.76. The average molecular weight is 241 g/mol. The lowest BCUT2D eigenvalue weighted by Crippen LogP contribution is -2.07. The molecule has 0 aliphatic carbocycles. The molecule has 0 saturated carbocycles. The largest absolute Gasteiger partial charge is 0.454 e. The molecule has 0 fully saturated rings. The number of hydrogen-bond donors (Lipinski definition) is 0. The highest BCUT2D eigenvalue weighted by Crippen LogP contribution is 2.40. The maximum atomic E-state index is 11.0. The summed E-state index contributed by atoms with van der Waals surface area (Å²) in [4.78, 5) is 10.4. The van der Waals surface area contributed by atoms with Gasteiger partial charge in [-0.15, -0.1) is 0 Å². The van der Waals surface area contributed by atoms with E-state index >= 15 is 0 Å². The van der Waals surface area contributed by atoms with Crippen LogP contribution in [0.1, 0.15) is 11.9 Å². The van der Waals surface area contributed by atoms with Gasteiger partial charge in [0.25, 0.3) is 5.69 Å². The predicted molar refractivity (Wildman–Crippen MR) is 56.0 cm³/mol. The Morgan fingerprint density at radius 2 is 1.88 bits per heavy atom. The molecule has 0 atom stereocenters. The number of benzene rings is 1. The molecule has 0 amide bonds. The van der Waals surface area contributed by atoms with Gasteiger partial charge in [0, 0.05) is 14.2 Å². The second kappa shape index (κ2) is 4.56. The van der Waals surface area contributed by atoms with E-state index in [9.17, 15) is 10.1 Å². The van der Waals surface area contributed by atoms with Crippen LogP contribution in [-0.2, 0) is 9.47 Å². The molecule has 0 saturated heterocycles. The zero-order chi connectivity index (χ0) is 12.4. The van der Waals surface area contributed by atoms with Gasteiger partial charge >= 0.3 is 0 Å². The standard InChI is InChI=1S/C10H11NO6/c1-14-10(15-2)6-3-8-9(17-5-16-8)4-7(6)11(12)13/h3-4,10H,5H2,1-2H3. The summed E-state index contributed by atoms with van der Waals surface area (Å²) in [6.07, 6.45) is -0.815. The fourth-order valence-electron chi connectivity index (χ4n) is 1.64. The molecule has 7 nitrogen and oxygen atoms in total. The number of hydrogen-bond acceptors (Lipinski definition) is 6. The van der Waals surface area contributed by atoms with Crippen molar-refractivity contribution in [2.45, 2.75) is 6.29 Å². The Kier molecular flexibility index (Phi) is 3.12. The molecule has 1 aromatic carbocycles. The number of nitro benzene ring substituents is 1. The SMILES string of the molecule is COC(OC)c1cc2c(cc1[N+](=O)[O-])OCO2. The van der Waals surface area contributed by atoms with E-state index < -0.39 is 11.2 Å². The van der Waals surface area contributed by atoms with Crippen molar-refractivity contribution >= 4 is 5.69 Å². The number of methoxy groups -OCH3 is 2. The first-order valence-electron chi connectivity index (χ1n) is 4.81. The molecule has 0 bridgehead atoms. The quantitative estimate of drug-likeness (QED) is 0.452. The van der Waals surface area contributed by atoms with Crippen LogP contribution in [0, 0.1) is 10.1 Å². The molecule has 1 aromatic rings. The number of nitro groups is 1. The Labute approximate surface area is 97.0 Å². The third-order valence-electron chi connectivity index (χ3n) is 2.40. The van der Waals surface area contributed by atoms with Gasteiger partial charge in [0.1, 0.15) is 0 Å². The topological polar surface area (TPSA) is 80.1 Å². The van der Waals surface area contributed by atoms with Crippen molar-refractivity contribution in [2.75, 3.05) is 21.0 Å². The summed E-state index contributed by atoms with van der Waals surface area (Å²) in [5.41, 5.74) is 0.173. The van der Waals surface area contributed by atoms with Crippen LogP contribution in [0.4, 0.5) is 5.69 Å². The highest BCUT2D eigenvalue weighted by atomic mass is 16.7. The maximum Gasteiger partial charge on any atom is 0.281 e. The van der Waals surface area contributed by atoms with E-state index in [-0.39, 0.29) is 12.5 Å². The van der Waals surface area contributed by atoms with Gasteiger partial charge in [-0.25, -0.2) is 0 Å². The predicted octanol–water partition coefficient (Wildman–Crippen LogP) is 1.61. The summed E-state index contributed by atoms with van der Waals surface area (Å²) in [6.45, 7) is 0.0561. The maximum absolute atomic E-state index is 11.0. The second-order valence-corrected chi connectivity index (χ2v) is 3.32. The summed E-state index contributed by atoms with van der Waals surface area (Å²) >= 11 is 0. The lowest BCUT2D eigenvalue weighted by atomic mass is 10.1. The Morgan fingerprint density at radius 3 is 2.41 bits per heavy atom. The highest BCUT2D eigenvalue weighted by Gasteiger charge is 2.28. The number of rotatable bonds is 4. The monoisotopic (exact) mass is 241 g/mol. The highest BCUT2D eigenvalue weighted by molar-refractivity contribution is 5.55. The van der Waals surface area contributed by atoms with Crippen LogP contribution in [0.3, 0.4) is 0 Å². The van der Waals surface area contributed by atoms with E-state index in [1.807, 2.05) is 0 Å². The van der Waals surface area contributed by atoms with Crippen molar-refractivity contribution in [3.63, 3.8) is 0 Å². The van der Waals surface area contributed by atoms with Gasteiger partial charge < -0.3 is 18.9 Å². The molecule has 1 aliphatic rings. The van der Waals surface area contributed by atoms with Crippen LogP contribution in [0.25, 0.3) is 0 Å². The molecule has 0 radical (unpaired) electrons. The van der Waals surface area contributed by atoms with Gasteiger partial charge in [0.2, 0.25) is 6.79 Å². The number of fused-ring (bicyclic) bond motifs is 1. The first-order valence-corrected chi connectivity index (χ1v) is 4.81. The Balaban J connectivity index is 2.51. The molecule has 1 heterocycles. The van der Waals surface area contributed by atoms with Crippen molar-refractivity contribution in [1.29, 1.82) is 0 Å². The lowest BCUT2D eigenvalue weighted by molar-refractivity contribution is -0.387. The molecule has 0 N–H and O–H groups in total. The lowest BCUT2D eigenvalue weighted by Gasteiger charge is -2.14. The summed E-state index contributed by atoms with van der Waals surface area (Å²) in [5.74, 6) is 0.802. The minimum Gasteiger partial charge on any atom is -0.454 e.